The van der Waals surface area contributed by atoms with Gasteiger partial charge in [-0.2, -0.15) is 5.10 Å². The van der Waals surface area contributed by atoms with Crippen LogP contribution in [0.1, 0.15) is 65.5 Å². The minimum absolute atomic E-state index is 0.0727. The average Bonchev–Trinajstić information content (AvgIpc) is 3.33. The van der Waals surface area contributed by atoms with Crippen molar-refractivity contribution in [2.45, 2.75) is 51.9 Å². The van der Waals surface area contributed by atoms with E-state index in [4.69, 9.17) is 9.63 Å². The number of carbonyl (C=O) groups excluding carboxylic acids is 1. The van der Waals surface area contributed by atoms with Crippen molar-refractivity contribution in [2.75, 3.05) is 5.32 Å². The molecule has 2 aliphatic carbocycles. The number of nitrogens with one attached hydrogen (secondary N) is 2. The van der Waals surface area contributed by atoms with Crippen molar-refractivity contribution in [3.05, 3.63) is 75.0 Å². The molecular weight excluding hydrogens is 424 g/mol. The van der Waals surface area contributed by atoms with Crippen molar-refractivity contribution in [1.82, 2.24) is 15.4 Å². The molecule has 3 aromatic rings. The Hall–Kier alpha value is -3.75. The highest BCUT2D eigenvalue weighted by Crippen LogP contribution is 2.44. The number of benzene rings is 1. The molecule has 0 saturated heterocycles. The summed E-state index contributed by atoms with van der Waals surface area (Å²) in [6.07, 6.45) is 7.59. The highest BCUT2D eigenvalue weighted by atomic mass is 16.5. The second kappa shape index (κ2) is 9.40. The zero-order chi connectivity index (χ0) is 23.4. The van der Waals surface area contributed by atoms with Gasteiger partial charge in [0.2, 0.25) is 5.76 Å². The van der Waals surface area contributed by atoms with Gasteiger partial charge in [-0.15, -0.1) is 0 Å². The molecule has 9 heteroatoms. The van der Waals surface area contributed by atoms with Crippen LogP contribution in [0.5, 0.6) is 0 Å². The molecule has 33 heavy (non-hydrogen) atoms. The highest BCUT2D eigenvalue weighted by molar-refractivity contribution is 6.02. The van der Waals surface area contributed by atoms with E-state index in [0.717, 1.165) is 60.9 Å². The van der Waals surface area contributed by atoms with Gasteiger partial charge in [0.1, 0.15) is 0 Å². The maximum absolute atomic E-state index is 12.1. The number of fused-ring (bicyclic) bond motifs is 1. The minimum atomic E-state index is -0.646. The summed E-state index contributed by atoms with van der Waals surface area (Å²) in [6.45, 7) is 1.77. The first-order valence-corrected chi connectivity index (χ1v) is 11.0. The number of carboxylic acid groups (broad SMARTS) is 1. The van der Waals surface area contributed by atoms with Gasteiger partial charge in [-0.25, -0.2) is 5.10 Å². The van der Waals surface area contributed by atoms with Crippen LogP contribution >= 0.6 is 0 Å². The van der Waals surface area contributed by atoms with E-state index in [9.17, 15) is 14.4 Å². The molecule has 0 aliphatic heterocycles. The number of hydrogen-bond acceptors (Lipinski definition) is 6. The van der Waals surface area contributed by atoms with Crippen LogP contribution in [0.2, 0.25) is 0 Å². The normalized spacial score (nSPS) is 15.5. The molecule has 172 valence electrons. The van der Waals surface area contributed by atoms with Gasteiger partial charge in [0.15, 0.2) is 0 Å². The predicted molar refractivity (Wildman–Crippen MR) is 120 cm³/mol. The number of rotatable bonds is 5. The maximum Gasteiger partial charge on any atom is 0.309 e. The molecular formula is C24H26N4O5. The molecule has 0 bridgehead atoms. The van der Waals surface area contributed by atoms with Crippen molar-refractivity contribution in [2.24, 2.45) is 5.41 Å². The number of hydrogen-bond donors (Lipinski definition) is 3. The average molecular weight is 450 g/mol. The van der Waals surface area contributed by atoms with Gasteiger partial charge in [0.05, 0.1) is 17.3 Å². The standard InChI is InChI=1S/C19H18N4O3.C5H8O2/c24-18-15-7-2-1-6-14(15)16(22-23-18)11-12-4-3-5-13(10-12)21-19(25)17-8-9-20-26-17;1-5(2-3-5)4(6)7/h3-5,8-10H,1-2,6-7,11H2,(H,21,25)(H,23,24);2-3H2,1H3,(H,6,7). The lowest BCUT2D eigenvalue weighted by Crippen LogP contribution is -2.23. The molecule has 0 atom stereocenters. The second-order valence-electron chi connectivity index (χ2n) is 8.74. The van der Waals surface area contributed by atoms with Crippen LogP contribution in [0.3, 0.4) is 0 Å². The Morgan fingerprint density at radius 1 is 1.18 bits per heavy atom. The molecule has 1 amide bonds. The lowest BCUT2D eigenvalue weighted by Gasteiger charge is -2.17. The number of aromatic nitrogens is 3. The van der Waals surface area contributed by atoms with Crippen LogP contribution in [0.4, 0.5) is 5.69 Å². The van der Waals surface area contributed by atoms with Crippen LogP contribution < -0.4 is 10.9 Å². The molecule has 5 rings (SSSR count). The third-order valence-electron chi connectivity index (χ3n) is 6.12. The third-order valence-corrected chi connectivity index (χ3v) is 6.12. The lowest BCUT2D eigenvalue weighted by molar-refractivity contribution is -0.142. The summed E-state index contributed by atoms with van der Waals surface area (Å²) in [4.78, 5) is 34.1. The number of aromatic amines is 1. The Morgan fingerprint density at radius 3 is 2.58 bits per heavy atom. The van der Waals surface area contributed by atoms with Gasteiger partial charge in [-0.05, 0) is 68.7 Å². The van der Waals surface area contributed by atoms with E-state index in [1.54, 1.807) is 6.92 Å². The number of amides is 1. The molecule has 0 radical (unpaired) electrons. The summed E-state index contributed by atoms with van der Waals surface area (Å²) in [5.74, 6) is -0.835. The van der Waals surface area contributed by atoms with E-state index in [2.05, 4.69) is 20.7 Å². The van der Waals surface area contributed by atoms with Crippen LogP contribution in [0, 0.1) is 5.41 Å². The van der Waals surface area contributed by atoms with Crippen molar-refractivity contribution in [1.29, 1.82) is 0 Å². The SMILES string of the molecule is CC1(C(=O)O)CC1.O=C(Nc1cccc(Cc2n[nH]c(=O)c3c2CCCC3)c1)c1ccno1. The fraction of sp³-hybridized carbons (Fsp3) is 0.375. The zero-order valence-electron chi connectivity index (χ0n) is 18.4. The molecule has 1 saturated carbocycles. The number of carboxylic acids is 1. The zero-order valence-corrected chi connectivity index (χ0v) is 18.4. The molecule has 9 nitrogen and oxygen atoms in total. The molecule has 2 aromatic heterocycles. The van der Waals surface area contributed by atoms with E-state index >= 15 is 0 Å². The molecule has 1 fully saturated rings. The summed E-state index contributed by atoms with van der Waals surface area (Å²) in [5.41, 5.74) is 4.12. The van der Waals surface area contributed by atoms with Gasteiger partial charge in [0.25, 0.3) is 11.5 Å². The Kier molecular flexibility index (Phi) is 6.39. The van der Waals surface area contributed by atoms with Gasteiger partial charge >= 0.3 is 5.97 Å². The first-order chi connectivity index (χ1) is 15.9. The number of nitrogens with zero attached hydrogens (tertiary/aromatic N) is 2. The monoisotopic (exact) mass is 450 g/mol. The Morgan fingerprint density at radius 2 is 1.94 bits per heavy atom. The van der Waals surface area contributed by atoms with Gasteiger partial charge in [-0.1, -0.05) is 17.3 Å². The molecule has 3 N–H and O–H groups in total. The summed E-state index contributed by atoms with van der Waals surface area (Å²) >= 11 is 0. The van der Waals surface area contributed by atoms with E-state index in [1.165, 1.54) is 12.3 Å². The van der Waals surface area contributed by atoms with Crippen LogP contribution in [-0.2, 0) is 24.1 Å². The van der Waals surface area contributed by atoms with Gasteiger partial charge in [0, 0.05) is 23.7 Å². The molecule has 2 heterocycles. The third kappa shape index (κ3) is 5.36. The summed E-state index contributed by atoms with van der Waals surface area (Å²) in [7, 11) is 0. The quantitative estimate of drug-likeness (QED) is 0.542. The molecule has 0 unspecified atom stereocenters. The Bertz CT molecular complexity index is 1210. The maximum atomic E-state index is 12.1. The molecule has 1 aromatic carbocycles. The summed E-state index contributed by atoms with van der Waals surface area (Å²) < 4.78 is 4.86. The van der Waals surface area contributed by atoms with Crippen LogP contribution in [0.25, 0.3) is 0 Å². The minimum Gasteiger partial charge on any atom is -0.481 e. The predicted octanol–water partition coefficient (Wildman–Crippen LogP) is 3.35. The van der Waals surface area contributed by atoms with Gasteiger partial charge in [-0.3, -0.25) is 14.4 Å². The first kappa shape index (κ1) is 22.4. The fourth-order valence-corrected chi connectivity index (χ4v) is 3.75. The number of aliphatic carboxylic acids is 1. The van der Waals surface area contributed by atoms with Gasteiger partial charge < -0.3 is 14.9 Å². The first-order valence-electron chi connectivity index (χ1n) is 11.0. The van der Waals surface area contributed by atoms with Crippen LogP contribution in [-0.4, -0.2) is 32.3 Å². The number of anilines is 1. The van der Waals surface area contributed by atoms with Crippen molar-refractivity contribution in [3.63, 3.8) is 0 Å². The topological polar surface area (TPSA) is 138 Å². The van der Waals surface area contributed by atoms with E-state index < -0.39 is 5.97 Å². The largest absolute Gasteiger partial charge is 0.481 e. The Labute approximate surface area is 190 Å². The van der Waals surface area contributed by atoms with Crippen LogP contribution in [0.15, 0.2) is 45.8 Å². The fourth-order valence-electron chi connectivity index (χ4n) is 3.75. The van der Waals surface area contributed by atoms with Crippen molar-refractivity contribution >= 4 is 17.6 Å². The summed E-state index contributed by atoms with van der Waals surface area (Å²) in [6, 6.07) is 9.08. The molecule has 0 spiro atoms. The highest BCUT2D eigenvalue weighted by Gasteiger charge is 2.44. The van der Waals surface area contributed by atoms with E-state index in [1.807, 2.05) is 24.3 Å². The van der Waals surface area contributed by atoms with E-state index in [0.29, 0.717) is 12.1 Å². The van der Waals surface area contributed by atoms with E-state index in [-0.39, 0.29) is 22.6 Å². The Balaban J connectivity index is 0.000000318. The number of carbonyl (C=O) groups is 2. The smallest absolute Gasteiger partial charge is 0.309 e. The second-order valence-corrected chi connectivity index (χ2v) is 8.74. The lowest BCUT2D eigenvalue weighted by atomic mass is 9.90. The van der Waals surface area contributed by atoms with Crippen molar-refractivity contribution in [3.8, 4) is 0 Å². The molecule has 2 aliphatic rings. The summed E-state index contributed by atoms with van der Waals surface area (Å²) in [5, 5.41) is 21.5. The number of H-pyrrole nitrogens is 1. The van der Waals surface area contributed by atoms with Crippen molar-refractivity contribution < 1.29 is 19.2 Å².